The molecule has 138 valence electrons. The summed E-state index contributed by atoms with van der Waals surface area (Å²) in [6.07, 6.45) is 1.13. The van der Waals surface area contributed by atoms with Crippen molar-refractivity contribution in [1.82, 2.24) is 10.8 Å². The maximum atomic E-state index is 12.4. The number of amides is 2. The van der Waals surface area contributed by atoms with Crippen LogP contribution in [-0.4, -0.2) is 23.1 Å². The molecule has 26 heavy (non-hydrogen) atoms. The molecule has 0 radical (unpaired) electrons. The van der Waals surface area contributed by atoms with Crippen LogP contribution < -0.4 is 15.5 Å². The Bertz CT molecular complexity index is 716. The number of para-hydroxylation sites is 1. The van der Waals surface area contributed by atoms with Gasteiger partial charge in [-0.15, -0.1) is 0 Å². The van der Waals surface area contributed by atoms with Crippen LogP contribution in [0.3, 0.4) is 0 Å². The number of carbonyl (C=O) groups is 2. The Morgan fingerprint density at radius 3 is 2.23 bits per heavy atom. The zero-order valence-corrected chi connectivity index (χ0v) is 14.9. The van der Waals surface area contributed by atoms with E-state index in [0.29, 0.717) is 24.2 Å². The first-order valence-electron chi connectivity index (χ1n) is 8.61. The van der Waals surface area contributed by atoms with E-state index in [1.54, 1.807) is 36.7 Å². The molecule has 0 aliphatic rings. The molecule has 0 unspecified atom stereocenters. The standard InChI is InChI=1S/C20H24N2O4/c1-3-16(13-14(2)19(23)22-25)21-20(24)15-9-11-18(12-10-15)26-17-7-5-4-6-8-17/h4-12,14,16,25H,3,13H2,1-2H3,(H,21,24)(H,22,23)/t14-,16+/m0/s1. The predicted octanol–water partition coefficient (Wildman–Crippen LogP) is 3.52. The summed E-state index contributed by atoms with van der Waals surface area (Å²) in [6.45, 7) is 3.64. The molecule has 0 bridgehead atoms. The summed E-state index contributed by atoms with van der Waals surface area (Å²) in [7, 11) is 0. The van der Waals surface area contributed by atoms with Gasteiger partial charge in [-0.2, -0.15) is 0 Å². The van der Waals surface area contributed by atoms with Gasteiger partial charge in [-0.1, -0.05) is 32.0 Å². The van der Waals surface area contributed by atoms with Crippen LogP contribution in [0.2, 0.25) is 0 Å². The predicted molar refractivity (Wildman–Crippen MR) is 98.2 cm³/mol. The molecule has 3 N–H and O–H groups in total. The molecule has 0 aromatic heterocycles. The molecule has 2 atom stereocenters. The van der Waals surface area contributed by atoms with Crippen molar-refractivity contribution in [2.45, 2.75) is 32.7 Å². The molecule has 0 saturated carbocycles. The number of nitrogens with one attached hydrogen (secondary N) is 2. The number of benzene rings is 2. The van der Waals surface area contributed by atoms with Crippen molar-refractivity contribution in [2.75, 3.05) is 0 Å². The minimum absolute atomic E-state index is 0.157. The van der Waals surface area contributed by atoms with Gasteiger partial charge in [-0.25, -0.2) is 5.48 Å². The first-order valence-corrected chi connectivity index (χ1v) is 8.61. The van der Waals surface area contributed by atoms with Crippen LogP contribution in [0.25, 0.3) is 0 Å². The molecule has 0 fully saturated rings. The Balaban J connectivity index is 1.95. The SMILES string of the molecule is CC[C@H](C[C@H](C)C(=O)NO)NC(=O)c1ccc(Oc2ccccc2)cc1. The van der Waals surface area contributed by atoms with Crippen LogP contribution in [0.5, 0.6) is 11.5 Å². The van der Waals surface area contributed by atoms with Crippen LogP contribution in [0.1, 0.15) is 37.0 Å². The van der Waals surface area contributed by atoms with Gasteiger partial charge in [0.2, 0.25) is 5.91 Å². The van der Waals surface area contributed by atoms with Gasteiger partial charge in [0.15, 0.2) is 0 Å². The lowest BCUT2D eigenvalue weighted by Crippen LogP contribution is -2.38. The number of rotatable bonds is 8. The smallest absolute Gasteiger partial charge is 0.251 e. The van der Waals surface area contributed by atoms with Crippen LogP contribution in [0.4, 0.5) is 0 Å². The first kappa shape index (κ1) is 19.5. The fourth-order valence-electron chi connectivity index (χ4n) is 2.54. The minimum Gasteiger partial charge on any atom is -0.457 e. The monoisotopic (exact) mass is 356 g/mol. The highest BCUT2D eigenvalue weighted by Gasteiger charge is 2.19. The first-order chi connectivity index (χ1) is 12.5. The lowest BCUT2D eigenvalue weighted by Gasteiger charge is -2.20. The maximum absolute atomic E-state index is 12.4. The van der Waals surface area contributed by atoms with Gasteiger partial charge in [0.05, 0.1) is 0 Å². The zero-order valence-electron chi connectivity index (χ0n) is 14.9. The molecule has 2 amide bonds. The van der Waals surface area contributed by atoms with Crippen molar-refractivity contribution >= 4 is 11.8 Å². The zero-order chi connectivity index (χ0) is 18.9. The van der Waals surface area contributed by atoms with Crippen LogP contribution in [0, 0.1) is 5.92 Å². The lowest BCUT2D eigenvalue weighted by atomic mass is 9.99. The number of hydrogen-bond donors (Lipinski definition) is 3. The molecule has 2 aromatic carbocycles. The van der Waals surface area contributed by atoms with Crippen molar-refractivity contribution in [3.05, 3.63) is 60.2 Å². The van der Waals surface area contributed by atoms with E-state index in [4.69, 9.17) is 9.94 Å². The molecular weight excluding hydrogens is 332 g/mol. The molecule has 0 spiro atoms. The van der Waals surface area contributed by atoms with E-state index in [0.717, 1.165) is 5.75 Å². The maximum Gasteiger partial charge on any atom is 0.251 e. The average Bonchev–Trinajstić information content (AvgIpc) is 2.67. The third-order valence-corrected chi connectivity index (χ3v) is 4.12. The highest BCUT2D eigenvalue weighted by Crippen LogP contribution is 2.21. The highest BCUT2D eigenvalue weighted by molar-refractivity contribution is 5.94. The Hall–Kier alpha value is -2.86. The summed E-state index contributed by atoms with van der Waals surface area (Å²) in [5.41, 5.74) is 2.16. The Morgan fingerprint density at radius 1 is 1.04 bits per heavy atom. The Morgan fingerprint density at radius 2 is 1.65 bits per heavy atom. The highest BCUT2D eigenvalue weighted by atomic mass is 16.5. The van der Waals surface area contributed by atoms with Crippen molar-refractivity contribution in [3.8, 4) is 11.5 Å². The largest absolute Gasteiger partial charge is 0.457 e. The topological polar surface area (TPSA) is 87.7 Å². The van der Waals surface area contributed by atoms with E-state index in [1.807, 2.05) is 37.3 Å². The molecule has 0 heterocycles. The Kier molecular flexibility index (Phi) is 7.17. The van der Waals surface area contributed by atoms with Crippen molar-refractivity contribution in [3.63, 3.8) is 0 Å². The molecule has 2 rings (SSSR count). The lowest BCUT2D eigenvalue weighted by molar-refractivity contribution is -0.133. The van der Waals surface area contributed by atoms with Gasteiger partial charge in [0.1, 0.15) is 11.5 Å². The van der Waals surface area contributed by atoms with Crippen molar-refractivity contribution in [1.29, 1.82) is 0 Å². The third-order valence-electron chi connectivity index (χ3n) is 4.12. The molecule has 6 heteroatoms. The number of hydrogen-bond acceptors (Lipinski definition) is 4. The number of carbonyl (C=O) groups excluding carboxylic acids is 2. The van der Waals surface area contributed by atoms with E-state index < -0.39 is 11.8 Å². The van der Waals surface area contributed by atoms with E-state index >= 15 is 0 Å². The molecule has 0 aliphatic heterocycles. The second-order valence-electron chi connectivity index (χ2n) is 6.13. The van der Waals surface area contributed by atoms with E-state index in [2.05, 4.69) is 5.32 Å². The van der Waals surface area contributed by atoms with Gasteiger partial charge in [0, 0.05) is 17.5 Å². The van der Waals surface area contributed by atoms with E-state index in [-0.39, 0.29) is 11.9 Å². The van der Waals surface area contributed by atoms with Crippen molar-refractivity contribution in [2.24, 2.45) is 5.92 Å². The summed E-state index contributed by atoms with van der Waals surface area (Å²) in [6, 6.07) is 16.1. The second kappa shape index (κ2) is 9.58. The van der Waals surface area contributed by atoms with Gasteiger partial charge >= 0.3 is 0 Å². The molecule has 0 saturated heterocycles. The van der Waals surface area contributed by atoms with Crippen LogP contribution in [-0.2, 0) is 4.79 Å². The normalized spacial score (nSPS) is 12.7. The Labute approximate surface area is 153 Å². The van der Waals surface area contributed by atoms with Crippen LogP contribution in [0.15, 0.2) is 54.6 Å². The number of ether oxygens (including phenoxy) is 1. The molecule has 2 aromatic rings. The quantitative estimate of drug-likeness (QED) is 0.499. The van der Waals surface area contributed by atoms with Crippen molar-refractivity contribution < 1.29 is 19.5 Å². The van der Waals surface area contributed by atoms with E-state index in [9.17, 15) is 9.59 Å². The number of hydroxylamine groups is 1. The van der Waals surface area contributed by atoms with E-state index in [1.165, 1.54) is 0 Å². The molecule has 0 aliphatic carbocycles. The fraction of sp³-hybridized carbons (Fsp3) is 0.300. The summed E-state index contributed by atoms with van der Waals surface area (Å²) < 4.78 is 5.71. The summed E-state index contributed by atoms with van der Waals surface area (Å²) in [4.78, 5) is 23.8. The minimum atomic E-state index is -0.458. The average molecular weight is 356 g/mol. The third kappa shape index (κ3) is 5.60. The summed E-state index contributed by atoms with van der Waals surface area (Å²) >= 11 is 0. The second-order valence-corrected chi connectivity index (χ2v) is 6.13. The van der Waals surface area contributed by atoms with Gasteiger partial charge in [-0.05, 0) is 49.2 Å². The summed E-state index contributed by atoms with van der Waals surface area (Å²) in [5.74, 6) is 0.312. The van der Waals surface area contributed by atoms with Crippen LogP contribution >= 0.6 is 0 Å². The van der Waals surface area contributed by atoms with Gasteiger partial charge < -0.3 is 10.1 Å². The molecule has 6 nitrogen and oxygen atoms in total. The fourth-order valence-corrected chi connectivity index (χ4v) is 2.54. The van der Waals surface area contributed by atoms with Gasteiger partial charge in [0.25, 0.3) is 5.91 Å². The summed E-state index contributed by atoms with van der Waals surface area (Å²) in [5, 5.41) is 11.6. The van der Waals surface area contributed by atoms with Gasteiger partial charge in [-0.3, -0.25) is 14.8 Å². The molecular formula is C20H24N2O4.